The molecule has 2 rings (SSSR count). The number of aromatic nitrogens is 1. The third kappa shape index (κ3) is 3.05. The Morgan fingerprint density at radius 2 is 1.75 bits per heavy atom. The number of hydrogen-bond donors (Lipinski definition) is 1. The molecule has 1 heterocycles. The monoisotopic (exact) mass is 274 g/mol. The normalized spacial score (nSPS) is 10.0. The van der Waals surface area contributed by atoms with Crippen molar-refractivity contribution in [1.82, 2.24) is 4.98 Å². The van der Waals surface area contributed by atoms with E-state index in [1.807, 2.05) is 0 Å². The highest BCUT2D eigenvalue weighted by Gasteiger charge is 2.13. The lowest BCUT2D eigenvalue weighted by Gasteiger charge is -2.05. The summed E-state index contributed by atoms with van der Waals surface area (Å²) in [5.74, 6) is 0.163. The number of nitro groups is 2. The van der Waals surface area contributed by atoms with Crippen LogP contribution < -0.4 is 5.32 Å². The molecule has 8 nitrogen and oxygen atoms in total. The first-order valence-electron chi connectivity index (χ1n) is 5.64. The van der Waals surface area contributed by atoms with Crippen LogP contribution in [0.5, 0.6) is 0 Å². The second-order valence-electron chi connectivity index (χ2n) is 3.91. The van der Waals surface area contributed by atoms with Gasteiger partial charge in [-0.2, -0.15) is 0 Å². The first-order valence-corrected chi connectivity index (χ1v) is 5.64. The van der Waals surface area contributed by atoms with Gasteiger partial charge >= 0.3 is 5.69 Å². The van der Waals surface area contributed by atoms with Crippen molar-refractivity contribution in [3.05, 3.63) is 68.4 Å². The largest absolute Gasteiger partial charge is 0.360 e. The molecule has 0 atom stereocenters. The van der Waals surface area contributed by atoms with E-state index in [1.54, 1.807) is 12.1 Å². The van der Waals surface area contributed by atoms with Crippen LogP contribution in [0.3, 0.4) is 0 Å². The number of nitro benzene ring substituents is 1. The maximum Gasteiger partial charge on any atom is 0.311 e. The molecule has 0 aliphatic rings. The third-order valence-electron chi connectivity index (χ3n) is 2.59. The summed E-state index contributed by atoms with van der Waals surface area (Å²) in [6.07, 6.45) is 1.45. The Labute approximate surface area is 113 Å². The van der Waals surface area contributed by atoms with Crippen LogP contribution in [0.2, 0.25) is 0 Å². The van der Waals surface area contributed by atoms with Crippen molar-refractivity contribution in [1.29, 1.82) is 0 Å². The first-order chi connectivity index (χ1) is 9.58. The lowest BCUT2D eigenvalue weighted by Crippen LogP contribution is -2.04. The molecule has 8 heteroatoms. The van der Waals surface area contributed by atoms with Crippen molar-refractivity contribution in [2.24, 2.45) is 0 Å². The Morgan fingerprint density at radius 3 is 2.35 bits per heavy atom. The molecule has 0 saturated carbocycles. The van der Waals surface area contributed by atoms with Crippen LogP contribution in [0.15, 0.2) is 42.6 Å². The summed E-state index contributed by atoms with van der Waals surface area (Å²) in [5.41, 5.74) is 0.641. The Morgan fingerprint density at radius 1 is 1.05 bits per heavy atom. The van der Waals surface area contributed by atoms with Gasteiger partial charge in [0, 0.05) is 30.9 Å². The second-order valence-corrected chi connectivity index (χ2v) is 3.91. The number of nitrogens with one attached hydrogen (secondary N) is 1. The molecular weight excluding hydrogens is 264 g/mol. The molecule has 0 radical (unpaired) electrons. The van der Waals surface area contributed by atoms with E-state index in [2.05, 4.69) is 10.3 Å². The van der Waals surface area contributed by atoms with Gasteiger partial charge in [0.25, 0.3) is 5.69 Å². The van der Waals surface area contributed by atoms with Crippen molar-refractivity contribution < 1.29 is 9.85 Å². The van der Waals surface area contributed by atoms with Crippen LogP contribution in [-0.2, 0) is 6.54 Å². The Balaban J connectivity index is 2.09. The fourth-order valence-electron chi connectivity index (χ4n) is 1.60. The molecule has 0 unspecified atom stereocenters. The third-order valence-corrected chi connectivity index (χ3v) is 2.59. The van der Waals surface area contributed by atoms with Gasteiger partial charge in [-0.05, 0) is 11.6 Å². The quantitative estimate of drug-likeness (QED) is 0.662. The van der Waals surface area contributed by atoms with Gasteiger partial charge in [0.05, 0.1) is 9.85 Å². The summed E-state index contributed by atoms with van der Waals surface area (Å²) in [5, 5.41) is 24.2. The molecule has 0 fully saturated rings. The molecule has 2 aromatic rings. The zero-order valence-electron chi connectivity index (χ0n) is 10.2. The Hall–Kier alpha value is -3.03. The number of hydrogen-bond acceptors (Lipinski definition) is 6. The van der Waals surface area contributed by atoms with Gasteiger partial charge in [0.15, 0.2) is 0 Å². The first kappa shape index (κ1) is 13.4. The average Bonchev–Trinajstić information content (AvgIpc) is 2.45. The second kappa shape index (κ2) is 5.74. The van der Waals surface area contributed by atoms with E-state index in [9.17, 15) is 20.2 Å². The smallest absolute Gasteiger partial charge is 0.311 e. The molecule has 0 spiro atoms. The minimum Gasteiger partial charge on any atom is -0.360 e. The van der Waals surface area contributed by atoms with E-state index in [-0.39, 0.29) is 23.7 Å². The van der Waals surface area contributed by atoms with Gasteiger partial charge in [-0.15, -0.1) is 0 Å². The van der Waals surface area contributed by atoms with Gasteiger partial charge in [0.2, 0.25) is 5.82 Å². The molecule has 0 aliphatic carbocycles. The van der Waals surface area contributed by atoms with Crippen LogP contribution in [0, 0.1) is 20.2 Å². The maximum atomic E-state index is 10.8. The summed E-state index contributed by atoms with van der Waals surface area (Å²) in [4.78, 5) is 24.2. The van der Waals surface area contributed by atoms with Crippen molar-refractivity contribution in [3.8, 4) is 0 Å². The zero-order chi connectivity index (χ0) is 14.5. The predicted molar refractivity (Wildman–Crippen MR) is 71.3 cm³/mol. The van der Waals surface area contributed by atoms with E-state index >= 15 is 0 Å². The van der Waals surface area contributed by atoms with Crippen LogP contribution in [-0.4, -0.2) is 14.8 Å². The van der Waals surface area contributed by atoms with E-state index in [0.717, 1.165) is 5.56 Å². The summed E-state index contributed by atoms with van der Waals surface area (Å²) in [6.45, 7) is 0.288. The minimum absolute atomic E-state index is 0.00225. The van der Waals surface area contributed by atoms with Crippen LogP contribution >= 0.6 is 0 Å². The topological polar surface area (TPSA) is 111 Å². The highest BCUT2D eigenvalue weighted by atomic mass is 16.6. The van der Waals surface area contributed by atoms with Gasteiger partial charge in [-0.3, -0.25) is 20.2 Å². The number of benzene rings is 1. The highest BCUT2D eigenvalue weighted by Crippen LogP contribution is 2.21. The van der Waals surface area contributed by atoms with Gasteiger partial charge < -0.3 is 5.32 Å². The number of rotatable bonds is 5. The van der Waals surface area contributed by atoms with Gasteiger partial charge in [-0.25, -0.2) is 4.98 Å². The van der Waals surface area contributed by atoms with Crippen LogP contribution in [0.1, 0.15) is 5.56 Å². The van der Waals surface area contributed by atoms with Crippen molar-refractivity contribution >= 4 is 17.2 Å². The molecule has 0 saturated heterocycles. The number of non-ortho nitro benzene ring substituents is 1. The number of anilines is 1. The van der Waals surface area contributed by atoms with E-state index in [1.165, 1.54) is 30.5 Å². The molecule has 1 N–H and O–H groups in total. The molecule has 0 bridgehead atoms. The molecule has 1 aromatic carbocycles. The highest BCUT2D eigenvalue weighted by molar-refractivity contribution is 5.55. The van der Waals surface area contributed by atoms with E-state index in [0.29, 0.717) is 0 Å². The molecular formula is C12H10N4O4. The maximum absolute atomic E-state index is 10.8. The summed E-state index contributed by atoms with van der Waals surface area (Å²) in [7, 11) is 0. The molecule has 1 aromatic heterocycles. The summed E-state index contributed by atoms with van der Waals surface area (Å²) < 4.78 is 0. The lowest BCUT2D eigenvalue weighted by molar-refractivity contribution is -0.384. The standard InChI is InChI=1S/C12H10N4O4/c17-15(18)10-5-3-9(4-6-10)8-14-12-11(16(19)20)2-1-7-13-12/h1-7H,8H2,(H,13,14). The van der Waals surface area contributed by atoms with Crippen LogP contribution in [0.4, 0.5) is 17.2 Å². The van der Waals surface area contributed by atoms with Crippen molar-refractivity contribution in [2.75, 3.05) is 5.32 Å². The summed E-state index contributed by atoms with van der Waals surface area (Å²) in [6, 6.07) is 8.76. The predicted octanol–water partition coefficient (Wildman–Crippen LogP) is 2.51. The van der Waals surface area contributed by atoms with Gasteiger partial charge in [0.1, 0.15) is 0 Å². The van der Waals surface area contributed by atoms with E-state index in [4.69, 9.17) is 0 Å². The molecule has 20 heavy (non-hydrogen) atoms. The van der Waals surface area contributed by atoms with Crippen LogP contribution in [0.25, 0.3) is 0 Å². The average molecular weight is 274 g/mol. The molecule has 0 amide bonds. The number of nitrogens with zero attached hydrogens (tertiary/aromatic N) is 3. The Bertz CT molecular complexity index is 642. The molecule has 0 aliphatic heterocycles. The van der Waals surface area contributed by atoms with Crippen molar-refractivity contribution in [3.63, 3.8) is 0 Å². The van der Waals surface area contributed by atoms with Crippen molar-refractivity contribution in [2.45, 2.75) is 6.54 Å². The fraction of sp³-hybridized carbons (Fsp3) is 0.0833. The Kier molecular flexibility index (Phi) is 3.85. The SMILES string of the molecule is O=[N+]([O-])c1ccc(CNc2ncccc2[N+](=O)[O-])cc1. The fourth-order valence-corrected chi connectivity index (χ4v) is 1.60. The number of pyridine rings is 1. The summed E-state index contributed by atoms with van der Waals surface area (Å²) >= 11 is 0. The molecule has 102 valence electrons. The van der Waals surface area contributed by atoms with E-state index < -0.39 is 9.85 Å². The zero-order valence-corrected chi connectivity index (χ0v) is 10.2. The minimum atomic E-state index is -0.523. The lowest BCUT2D eigenvalue weighted by atomic mass is 10.2. The van der Waals surface area contributed by atoms with Gasteiger partial charge in [-0.1, -0.05) is 12.1 Å².